The van der Waals surface area contributed by atoms with Crippen molar-refractivity contribution in [3.05, 3.63) is 83.0 Å². The van der Waals surface area contributed by atoms with E-state index in [1.54, 1.807) is 6.92 Å². The molecule has 3 rings (SSSR count). The van der Waals surface area contributed by atoms with Crippen LogP contribution in [0, 0.1) is 6.92 Å². The number of aliphatic hydroxyl groups is 1. The number of aryl methyl sites for hydroxylation is 1. The predicted molar refractivity (Wildman–Crippen MR) is 78.8 cm³/mol. The Kier molecular flexibility index (Phi) is 3.79. The Labute approximate surface area is 123 Å². The molecular weight excluding hydrogens is 264 g/mol. The van der Waals surface area contributed by atoms with Crippen molar-refractivity contribution in [2.75, 3.05) is 0 Å². The van der Waals surface area contributed by atoms with Crippen LogP contribution in [0.15, 0.2) is 59.3 Å². The summed E-state index contributed by atoms with van der Waals surface area (Å²) in [5.41, 5.74) is 4.05. The summed E-state index contributed by atoms with van der Waals surface area (Å²) in [5.74, 6) is 0. The molecule has 3 aromatic rings. The van der Waals surface area contributed by atoms with Gasteiger partial charge in [-0.1, -0.05) is 41.6 Å². The van der Waals surface area contributed by atoms with Gasteiger partial charge in [-0.2, -0.15) is 0 Å². The molecule has 4 heteroatoms. The summed E-state index contributed by atoms with van der Waals surface area (Å²) in [4.78, 5) is 4.55. The molecule has 0 fully saturated rings. The molecule has 2 heterocycles. The first-order chi connectivity index (χ1) is 10.2. The maximum absolute atomic E-state index is 10.4. The van der Waals surface area contributed by atoms with Crippen LogP contribution in [0.2, 0.25) is 0 Å². The van der Waals surface area contributed by atoms with Crippen molar-refractivity contribution in [3.63, 3.8) is 0 Å². The Hall–Kier alpha value is -2.46. The molecule has 1 unspecified atom stereocenters. The van der Waals surface area contributed by atoms with Gasteiger partial charge < -0.3 is 9.63 Å². The number of nitrogens with zero attached hydrogens (tertiary/aromatic N) is 2. The van der Waals surface area contributed by atoms with Crippen molar-refractivity contribution in [2.45, 2.75) is 19.4 Å². The van der Waals surface area contributed by atoms with Crippen molar-refractivity contribution in [3.8, 4) is 0 Å². The van der Waals surface area contributed by atoms with Gasteiger partial charge in [0.25, 0.3) is 0 Å². The molecule has 0 saturated heterocycles. The molecule has 0 saturated carbocycles. The van der Waals surface area contributed by atoms with E-state index in [0.29, 0.717) is 17.0 Å². The van der Waals surface area contributed by atoms with Crippen molar-refractivity contribution in [1.29, 1.82) is 0 Å². The Balaban J connectivity index is 1.85. The Morgan fingerprint density at radius 1 is 1.10 bits per heavy atom. The summed E-state index contributed by atoms with van der Waals surface area (Å²) in [5, 5.41) is 14.2. The topological polar surface area (TPSA) is 59.2 Å². The van der Waals surface area contributed by atoms with Crippen LogP contribution in [0.5, 0.6) is 0 Å². The minimum atomic E-state index is -0.813. The third-order valence-electron chi connectivity index (χ3n) is 3.42. The molecule has 1 aromatic carbocycles. The van der Waals surface area contributed by atoms with Crippen LogP contribution in [0.4, 0.5) is 0 Å². The van der Waals surface area contributed by atoms with E-state index in [4.69, 9.17) is 4.52 Å². The van der Waals surface area contributed by atoms with E-state index in [1.165, 1.54) is 11.8 Å². The lowest BCUT2D eigenvalue weighted by Gasteiger charge is -2.10. The average Bonchev–Trinajstić information content (AvgIpc) is 2.94. The maximum atomic E-state index is 10.4. The van der Waals surface area contributed by atoms with Gasteiger partial charge in [0, 0.05) is 17.7 Å². The minimum absolute atomic E-state index is 0.606. The number of rotatable bonds is 4. The number of benzene rings is 1. The van der Waals surface area contributed by atoms with Crippen molar-refractivity contribution in [2.24, 2.45) is 0 Å². The van der Waals surface area contributed by atoms with Gasteiger partial charge >= 0.3 is 0 Å². The van der Waals surface area contributed by atoms with Gasteiger partial charge in [0.15, 0.2) is 0 Å². The third kappa shape index (κ3) is 3.01. The molecule has 2 aromatic heterocycles. The third-order valence-corrected chi connectivity index (χ3v) is 3.42. The number of hydrogen-bond donors (Lipinski definition) is 1. The molecule has 1 atom stereocenters. The second-order valence-electron chi connectivity index (χ2n) is 4.97. The van der Waals surface area contributed by atoms with Gasteiger partial charge in [0.05, 0.1) is 11.4 Å². The smallest absolute Gasteiger partial charge is 0.130 e. The van der Waals surface area contributed by atoms with E-state index in [0.717, 1.165) is 12.1 Å². The molecule has 0 amide bonds. The van der Waals surface area contributed by atoms with Crippen LogP contribution in [0.3, 0.4) is 0 Å². The molecular formula is C17H16N2O2. The van der Waals surface area contributed by atoms with E-state index in [2.05, 4.69) is 22.3 Å². The molecule has 0 aliphatic rings. The van der Waals surface area contributed by atoms with Crippen molar-refractivity contribution in [1.82, 2.24) is 10.1 Å². The highest BCUT2D eigenvalue weighted by Gasteiger charge is 2.17. The second kappa shape index (κ2) is 5.89. The molecule has 0 aliphatic heterocycles. The zero-order chi connectivity index (χ0) is 14.7. The van der Waals surface area contributed by atoms with Crippen LogP contribution >= 0.6 is 0 Å². The molecule has 0 spiro atoms. The van der Waals surface area contributed by atoms with E-state index < -0.39 is 6.10 Å². The van der Waals surface area contributed by atoms with E-state index in [9.17, 15) is 5.11 Å². The van der Waals surface area contributed by atoms with Gasteiger partial charge in [-0.25, -0.2) is 0 Å². The summed E-state index contributed by atoms with van der Waals surface area (Å²) in [6.45, 7) is 1.80. The number of hydrogen-bond acceptors (Lipinski definition) is 4. The lowest BCUT2D eigenvalue weighted by molar-refractivity contribution is 0.213. The fourth-order valence-corrected chi connectivity index (χ4v) is 2.28. The first-order valence-corrected chi connectivity index (χ1v) is 6.83. The van der Waals surface area contributed by atoms with Gasteiger partial charge in [-0.05, 0) is 24.6 Å². The Morgan fingerprint density at radius 2 is 1.90 bits per heavy atom. The summed E-state index contributed by atoms with van der Waals surface area (Å²) < 4.78 is 4.88. The molecule has 0 aliphatic carbocycles. The standard InChI is InChI=1S/C17H16N2O2/c1-12-15(11-21-19-12)17(20)16-9-5-8-14(18-16)10-13-6-3-2-4-7-13/h2-9,11,17,20H,10H2,1H3. The molecule has 0 radical (unpaired) electrons. The normalized spacial score (nSPS) is 12.3. The Bertz CT molecular complexity index is 722. The fraction of sp³-hybridized carbons (Fsp3) is 0.176. The van der Waals surface area contributed by atoms with Gasteiger partial charge in [0.1, 0.15) is 12.4 Å². The number of aromatic nitrogens is 2. The van der Waals surface area contributed by atoms with Gasteiger partial charge in [-0.3, -0.25) is 4.98 Å². The SMILES string of the molecule is Cc1nocc1C(O)c1cccc(Cc2ccccc2)n1. The van der Waals surface area contributed by atoms with E-state index in [1.807, 2.05) is 36.4 Å². The Morgan fingerprint density at radius 3 is 2.62 bits per heavy atom. The fourth-order valence-electron chi connectivity index (χ4n) is 2.28. The average molecular weight is 280 g/mol. The molecule has 4 nitrogen and oxygen atoms in total. The minimum Gasteiger partial charge on any atom is -0.382 e. The monoisotopic (exact) mass is 280 g/mol. The first-order valence-electron chi connectivity index (χ1n) is 6.83. The number of aliphatic hydroxyl groups excluding tert-OH is 1. The highest BCUT2D eigenvalue weighted by Crippen LogP contribution is 2.23. The highest BCUT2D eigenvalue weighted by atomic mass is 16.5. The van der Waals surface area contributed by atoms with Gasteiger partial charge in [-0.15, -0.1) is 0 Å². The lowest BCUT2D eigenvalue weighted by Crippen LogP contribution is -2.05. The first kappa shape index (κ1) is 13.5. The van der Waals surface area contributed by atoms with Crippen molar-refractivity contribution >= 4 is 0 Å². The summed E-state index contributed by atoms with van der Waals surface area (Å²) in [7, 11) is 0. The van der Waals surface area contributed by atoms with Crippen LogP contribution in [0.25, 0.3) is 0 Å². The van der Waals surface area contributed by atoms with E-state index >= 15 is 0 Å². The van der Waals surface area contributed by atoms with Crippen LogP contribution in [0.1, 0.15) is 34.3 Å². The lowest BCUT2D eigenvalue weighted by atomic mass is 10.1. The van der Waals surface area contributed by atoms with Crippen molar-refractivity contribution < 1.29 is 9.63 Å². The molecule has 21 heavy (non-hydrogen) atoms. The molecule has 0 bridgehead atoms. The van der Waals surface area contributed by atoms with Crippen LogP contribution in [-0.4, -0.2) is 15.2 Å². The highest BCUT2D eigenvalue weighted by molar-refractivity contribution is 5.28. The molecule has 1 N–H and O–H groups in total. The largest absolute Gasteiger partial charge is 0.382 e. The number of pyridine rings is 1. The maximum Gasteiger partial charge on any atom is 0.130 e. The zero-order valence-corrected chi connectivity index (χ0v) is 11.7. The zero-order valence-electron chi connectivity index (χ0n) is 11.7. The predicted octanol–water partition coefficient (Wildman–Crippen LogP) is 3.05. The quantitative estimate of drug-likeness (QED) is 0.798. The molecule has 106 valence electrons. The van der Waals surface area contributed by atoms with E-state index in [-0.39, 0.29) is 0 Å². The summed E-state index contributed by atoms with van der Waals surface area (Å²) >= 11 is 0. The second-order valence-corrected chi connectivity index (χ2v) is 4.97. The van der Waals surface area contributed by atoms with Gasteiger partial charge in [0.2, 0.25) is 0 Å². The summed E-state index contributed by atoms with van der Waals surface area (Å²) in [6.07, 6.45) is 1.39. The summed E-state index contributed by atoms with van der Waals surface area (Å²) in [6, 6.07) is 15.8. The van der Waals surface area contributed by atoms with Crippen LogP contribution < -0.4 is 0 Å². The van der Waals surface area contributed by atoms with Crippen LogP contribution in [-0.2, 0) is 6.42 Å².